The zero-order valence-electron chi connectivity index (χ0n) is 38.9. The van der Waals surface area contributed by atoms with Crippen LogP contribution in [0.2, 0.25) is 0 Å². The van der Waals surface area contributed by atoms with E-state index < -0.39 is 50.4 Å². The SMILES string of the molecule is CC(C)c1cc(C(C)C)c(-c2cccc3c2OP(=O)(O)Oc2c-3cc3ccccc3c2-c2c3c(cc4ccccc24)-c2cccc(-c4cc(C(F)(F)F)cc(C(F)(F)F)c4)c2OP(=O)(O)O3)c(C(C)C)c1. The molecule has 71 heavy (non-hydrogen) atoms. The van der Waals surface area contributed by atoms with Gasteiger partial charge in [-0.15, -0.1) is 0 Å². The first-order chi connectivity index (χ1) is 33.4. The van der Waals surface area contributed by atoms with Crippen molar-refractivity contribution in [1.82, 2.24) is 0 Å². The van der Waals surface area contributed by atoms with Crippen LogP contribution in [-0.4, -0.2) is 9.79 Å². The van der Waals surface area contributed by atoms with Crippen LogP contribution < -0.4 is 18.1 Å². The third kappa shape index (κ3) is 8.54. The molecule has 2 atom stereocenters. The number of hydrogen-bond acceptors (Lipinski definition) is 6. The van der Waals surface area contributed by atoms with Gasteiger partial charge in [0, 0.05) is 44.5 Å². The van der Waals surface area contributed by atoms with Gasteiger partial charge in [0.25, 0.3) is 0 Å². The van der Waals surface area contributed by atoms with Crippen LogP contribution in [0, 0.1) is 0 Å². The standard InChI is InChI=1S/C55H44F6O8P2/c1-28(2)33-25-43(29(3)4)47(44(26-33)30(5)6)42-20-12-19-41-46-24-32-14-8-10-16-38(32)49(53(46)69-71(64,65)67-51(41)42)48-37-15-9-7-13-31(37)23-45-40-18-11-17-39(50(40)66-70(62,63)68-52(45)48)34-21-35(54(56,57)58)27-36(22-34)55(59,60)61/h7-30H,1-6H3,(H,62,63)(H,64,65). The molecule has 0 saturated carbocycles. The highest BCUT2D eigenvalue weighted by atomic mass is 31.2. The van der Waals surface area contributed by atoms with Crippen molar-refractivity contribution < 1.29 is 63.4 Å². The van der Waals surface area contributed by atoms with Gasteiger partial charge in [-0.2, -0.15) is 26.3 Å². The van der Waals surface area contributed by atoms with E-state index in [1.165, 1.54) is 18.2 Å². The Balaban J connectivity index is 1.30. The van der Waals surface area contributed by atoms with Gasteiger partial charge in [0.2, 0.25) is 0 Å². The molecule has 8 aromatic carbocycles. The Morgan fingerprint density at radius 3 is 1.24 bits per heavy atom. The summed E-state index contributed by atoms with van der Waals surface area (Å²) >= 11 is 0. The van der Waals surface area contributed by atoms with Crippen molar-refractivity contribution in [2.24, 2.45) is 0 Å². The van der Waals surface area contributed by atoms with Gasteiger partial charge in [0.05, 0.1) is 11.1 Å². The van der Waals surface area contributed by atoms with Crippen LogP contribution in [0.1, 0.15) is 87.1 Å². The quantitative estimate of drug-likeness (QED) is 0.125. The van der Waals surface area contributed by atoms with E-state index in [0.29, 0.717) is 50.4 Å². The molecule has 16 heteroatoms. The first-order valence-electron chi connectivity index (χ1n) is 22.7. The van der Waals surface area contributed by atoms with E-state index in [-0.39, 0.29) is 68.9 Å². The van der Waals surface area contributed by atoms with Crippen molar-refractivity contribution in [2.45, 2.75) is 71.6 Å². The number of para-hydroxylation sites is 2. The van der Waals surface area contributed by atoms with Crippen LogP contribution in [0.15, 0.2) is 127 Å². The molecule has 2 aliphatic heterocycles. The maximum Gasteiger partial charge on any atom is 0.584 e. The van der Waals surface area contributed by atoms with Crippen molar-refractivity contribution in [3.05, 3.63) is 155 Å². The van der Waals surface area contributed by atoms with Gasteiger partial charge in [0.15, 0.2) is 0 Å². The van der Waals surface area contributed by atoms with E-state index in [1.54, 1.807) is 60.7 Å². The third-order valence-electron chi connectivity index (χ3n) is 13.0. The molecule has 8 nitrogen and oxygen atoms in total. The van der Waals surface area contributed by atoms with Gasteiger partial charge in [-0.25, -0.2) is 9.13 Å². The van der Waals surface area contributed by atoms with Gasteiger partial charge >= 0.3 is 28.0 Å². The highest BCUT2D eigenvalue weighted by molar-refractivity contribution is 7.48. The van der Waals surface area contributed by atoms with Gasteiger partial charge < -0.3 is 18.1 Å². The van der Waals surface area contributed by atoms with Crippen LogP contribution in [0.3, 0.4) is 0 Å². The monoisotopic (exact) mass is 1010 g/mol. The van der Waals surface area contributed by atoms with Crippen molar-refractivity contribution in [1.29, 1.82) is 0 Å². The molecule has 0 radical (unpaired) electrons. The Hall–Kier alpha value is -6.56. The molecule has 0 aliphatic carbocycles. The second-order valence-corrected chi connectivity index (χ2v) is 21.3. The van der Waals surface area contributed by atoms with Crippen LogP contribution in [0.4, 0.5) is 26.3 Å². The topological polar surface area (TPSA) is 112 Å². The van der Waals surface area contributed by atoms with Gasteiger partial charge in [0.1, 0.15) is 23.0 Å². The molecule has 2 N–H and O–H groups in total. The first kappa shape index (κ1) is 48.1. The van der Waals surface area contributed by atoms with E-state index in [9.17, 15) is 45.3 Å². The Kier molecular flexibility index (Phi) is 11.5. The number of fused-ring (bicyclic) bond motifs is 8. The molecule has 0 saturated heterocycles. The highest BCUT2D eigenvalue weighted by Crippen LogP contribution is 2.65. The van der Waals surface area contributed by atoms with E-state index >= 15 is 0 Å². The lowest BCUT2D eigenvalue weighted by Crippen LogP contribution is -2.11. The second kappa shape index (κ2) is 17.1. The maximum atomic E-state index is 14.7. The average Bonchev–Trinajstić information content (AvgIpc) is 3.49. The zero-order valence-corrected chi connectivity index (χ0v) is 40.7. The summed E-state index contributed by atoms with van der Waals surface area (Å²) in [6.45, 7) is 12.6. The van der Waals surface area contributed by atoms with E-state index in [2.05, 4.69) is 53.7 Å². The Morgan fingerprint density at radius 2 is 0.817 bits per heavy atom. The van der Waals surface area contributed by atoms with E-state index in [0.717, 1.165) is 22.3 Å². The maximum absolute atomic E-state index is 14.7. The summed E-state index contributed by atoms with van der Waals surface area (Å²) in [5.74, 6) is -0.620. The molecule has 2 aliphatic rings. The second-order valence-electron chi connectivity index (χ2n) is 18.7. The largest absolute Gasteiger partial charge is 0.584 e. The summed E-state index contributed by atoms with van der Waals surface area (Å²) in [5, 5.41) is 1.94. The summed E-state index contributed by atoms with van der Waals surface area (Å²) in [4.78, 5) is 23.6. The molecule has 0 amide bonds. The molecular formula is C55H44F6O8P2. The number of hydrogen-bond donors (Lipinski definition) is 2. The summed E-state index contributed by atoms with van der Waals surface area (Å²) in [7, 11) is -10.6. The highest BCUT2D eigenvalue weighted by Gasteiger charge is 2.42. The summed E-state index contributed by atoms with van der Waals surface area (Å²) in [6, 6.07) is 32.1. The zero-order chi connectivity index (χ0) is 50.7. The molecule has 0 fully saturated rings. The van der Waals surface area contributed by atoms with Crippen molar-refractivity contribution in [3.8, 4) is 78.6 Å². The molecule has 364 valence electrons. The van der Waals surface area contributed by atoms with Crippen molar-refractivity contribution in [3.63, 3.8) is 0 Å². The van der Waals surface area contributed by atoms with E-state index in [4.69, 9.17) is 18.1 Å². The van der Waals surface area contributed by atoms with Crippen molar-refractivity contribution in [2.75, 3.05) is 0 Å². The summed E-state index contributed by atoms with van der Waals surface area (Å²) in [5.41, 5.74) is 1.37. The predicted octanol–water partition coefficient (Wildman–Crippen LogP) is 17.5. The van der Waals surface area contributed by atoms with E-state index in [1.807, 2.05) is 18.2 Å². The molecule has 10 rings (SSSR count). The Labute approximate surface area is 404 Å². The first-order valence-corrected chi connectivity index (χ1v) is 25.7. The minimum absolute atomic E-state index is 0.0137. The summed E-state index contributed by atoms with van der Waals surface area (Å²) in [6.07, 6.45) is -10.4. The fourth-order valence-electron chi connectivity index (χ4n) is 9.74. The number of halogens is 6. The molecule has 8 aromatic rings. The van der Waals surface area contributed by atoms with Crippen LogP contribution in [0.5, 0.6) is 23.0 Å². The van der Waals surface area contributed by atoms with Crippen LogP contribution in [0.25, 0.3) is 77.2 Å². The Bertz CT molecular complexity index is 3560. The predicted molar refractivity (Wildman–Crippen MR) is 263 cm³/mol. The number of phosphoric ester groups is 2. The smallest absolute Gasteiger partial charge is 0.394 e. The summed E-state index contributed by atoms with van der Waals surface area (Å²) < 4.78 is 138. The van der Waals surface area contributed by atoms with Gasteiger partial charge in [-0.1, -0.05) is 139 Å². The fourth-order valence-corrected chi connectivity index (χ4v) is 11.5. The molecule has 0 spiro atoms. The normalized spacial score (nSPS) is 17.6. The lowest BCUT2D eigenvalue weighted by atomic mass is 9.80. The fraction of sp³-hybridized carbons (Fsp3) is 0.200. The lowest BCUT2D eigenvalue weighted by molar-refractivity contribution is -0.143. The molecule has 2 unspecified atom stereocenters. The van der Waals surface area contributed by atoms with Gasteiger partial charge in [-0.05, 0) is 97.4 Å². The third-order valence-corrected chi connectivity index (χ3v) is 14.6. The molecule has 0 aromatic heterocycles. The van der Waals surface area contributed by atoms with Crippen LogP contribution >= 0.6 is 15.6 Å². The molecular weight excluding hydrogens is 965 g/mol. The average molecular weight is 1010 g/mol. The number of benzene rings is 8. The minimum atomic E-state index is -5.42. The number of rotatable bonds is 6. The van der Waals surface area contributed by atoms with Crippen LogP contribution in [-0.2, 0) is 21.5 Å². The molecule has 2 heterocycles. The lowest BCUT2D eigenvalue weighted by Gasteiger charge is -2.25. The molecule has 0 bridgehead atoms. The minimum Gasteiger partial charge on any atom is -0.394 e. The van der Waals surface area contributed by atoms with Crippen molar-refractivity contribution >= 4 is 37.2 Å². The number of alkyl halides is 6. The van der Waals surface area contributed by atoms with Gasteiger partial charge in [-0.3, -0.25) is 9.79 Å². The number of phosphoric acid groups is 2. The Morgan fingerprint density at radius 1 is 0.423 bits per heavy atom.